The normalized spacial score (nSPS) is 16.5. The summed E-state index contributed by atoms with van der Waals surface area (Å²) in [5, 5.41) is 5.11. The first-order chi connectivity index (χ1) is 14.1. The van der Waals surface area contributed by atoms with E-state index in [1.165, 1.54) is 32.6 Å². The summed E-state index contributed by atoms with van der Waals surface area (Å²) < 4.78 is 66.1. The van der Waals surface area contributed by atoms with E-state index in [1.807, 2.05) is 4.90 Å². The smallest absolute Gasteiger partial charge is 0.383 e. The molecule has 0 radical (unpaired) electrons. The number of nitrogens with zero attached hydrogens (tertiary/aromatic N) is 6. The second-order valence-electron chi connectivity index (χ2n) is 6.68. The second-order valence-corrected chi connectivity index (χ2v) is 9.87. The van der Waals surface area contributed by atoms with E-state index in [9.17, 15) is 21.6 Å². The van der Waals surface area contributed by atoms with E-state index in [4.69, 9.17) is 5.73 Å². The maximum Gasteiger partial charge on any atom is 0.419 e. The molecule has 0 saturated carbocycles. The third-order valence-electron chi connectivity index (χ3n) is 4.82. The van der Waals surface area contributed by atoms with Crippen molar-refractivity contribution in [3.8, 4) is 11.3 Å². The van der Waals surface area contributed by atoms with Gasteiger partial charge in [0.1, 0.15) is 5.82 Å². The number of aromatic nitrogens is 4. The standard InChI is InChI=1S/C16H18F3N7O2S2/c1-2-30(27,28)25-5-3-24(4-6-25)15-23-26-9-12(22-14(26)29-15)10-7-11(16(17,18)19)13(20)21-8-10/h7-9H,2-6H2,1H3,(H2,20,21). The number of hydrogen-bond acceptors (Lipinski definition) is 8. The van der Waals surface area contributed by atoms with E-state index in [1.54, 1.807) is 6.92 Å². The van der Waals surface area contributed by atoms with Crippen LogP contribution in [0.3, 0.4) is 0 Å². The molecule has 1 saturated heterocycles. The minimum absolute atomic E-state index is 0.0664. The van der Waals surface area contributed by atoms with E-state index in [0.29, 0.717) is 42.0 Å². The molecule has 4 rings (SSSR count). The monoisotopic (exact) mass is 461 g/mol. The number of hydrogen-bond donors (Lipinski definition) is 1. The van der Waals surface area contributed by atoms with Crippen LogP contribution in [0.5, 0.6) is 0 Å². The summed E-state index contributed by atoms with van der Waals surface area (Å²) in [7, 11) is -3.22. The number of fused-ring (bicyclic) bond motifs is 1. The van der Waals surface area contributed by atoms with Crippen LogP contribution in [0.1, 0.15) is 12.5 Å². The van der Waals surface area contributed by atoms with E-state index in [-0.39, 0.29) is 11.3 Å². The van der Waals surface area contributed by atoms with Gasteiger partial charge in [-0.2, -0.15) is 17.5 Å². The average molecular weight is 461 g/mol. The minimum atomic E-state index is -4.61. The molecule has 0 amide bonds. The van der Waals surface area contributed by atoms with Crippen molar-refractivity contribution in [1.29, 1.82) is 0 Å². The van der Waals surface area contributed by atoms with Crippen LogP contribution in [0.25, 0.3) is 16.2 Å². The molecular weight excluding hydrogens is 443 g/mol. The topological polar surface area (TPSA) is 110 Å². The van der Waals surface area contributed by atoms with Crippen molar-refractivity contribution in [3.63, 3.8) is 0 Å². The largest absolute Gasteiger partial charge is 0.419 e. The number of nitrogens with two attached hydrogens (primary N) is 1. The number of pyridine rings is 1. The molecule has 0 spiro atoms. The van der Waals surface area contributed by atoms with Gasteiger partial charge in [-0.15, -0.1) is 5.10 Å². The summed E-state index contributed by atoms with van der Waals surface area (Å²) in [6.45, 7) is 3.36. The number of imidazole rings is 1. The Labute approximate surface area is 174 Å². The maximum absolute atomic E-state index is 13.1. The van der Waals surface area contributed by atoms with Gasteiger partial charge >= 0.3 is 6.18 Å². The number of nitrogen functional groups attached to an aromatic ring is 1. The highest BCUT2D eigenvalue weighted by Crippen LogP contribution is 2.35. The minimum Gasteiger partial charge on any atom is -0.383 e. The molecular formula is C16H18F3N7O2S2. The third-order valence-corrected chi connectivity index (χ3v) is 7.68. The molecule has 0 atom stereocenters. The fourth-order valence-corrected chi connectivity index (χ4v) is 5.16. The Bertz CT molecular complexity index is 1150. The van der Waals surface area contributed by atoms with Gasteiger partial charge in [0.25, 0.3) is 0 Å². The molecule has 0 bridgehead atoms. The number of rotatable bonds is 4. The Morgan fingerprint density at radius 2 is 1.93 bits per heavy atom. The lowest BCUT2D eigenvalue weighted by atomic mass is 10.1. The first kappa shape index (κ1) is 20.8. The van der Waals surface area contributed by atoms with Crippen molar-refractivity contribution in [1.82, 2.24) is 23.9 Å². The van der Waals surface area contributed by atoms with Crippen LogP contribution >= 0.6 is 11.3 Å². The lowest BCUT2D eigenvalue weighted by Crippen LogP contribution is -2.49. The van der Waals surface area contributed by atoms with E-state index in [2.05, 4.69) is 15.1 Å². The molecule has 1 fully saturated rings. The van der Waals surface area contributed by atoms with Crippen LogP contribution in [-0.4, -0.2) is 64.2 Å². The van der Waals surface area contributed by atoms with Crippen LogP contribution in [0, 0.1) is 0 Å². The summed E-state index contributed by atoms with van der Waals surface area (Å²) in [6.07, 6.45) is -1.84. The summed E-state index contributed by atoms with van der Waals surface area (Å²) in [6, 6.07) is 0.920. The van der Waals surface area contributed by atoms with Gasteiger partial charge in [-0.1, -0.05) is 11.3 Å². The highest BCUT2D eigenvalue weighted by molar-refractivity contribution is 7.89. The van der Waals surface area contributed by atoms with Gasteiger partial charge in [0.05, 0.1) is 23.2 Å². The fraction of sp³-hybridized carbons (Fsp3) is 0.438. The summed E-state index contributed by atoms with van der Waals surface area (Å²) >= 11 is 1.28. The molecule has 162 valence electrons. The molecule has 3 aromatic rings. The number of anilines is 2. The van der Waals surface area contributed by atoms with E-state index in [0.717, 1.165) is 6.07 Å². The number of piperazine rings is 1. The van der Waals surface area contributed by atoms with Gasteiger partial charge in [-0.05, 0) is 13.0 Å². The number of halogens is 3. The Kier molecular flexibility index (Phi) is 5.10. The Balaban J connectivity index is 1.55. The molecule has 14 heteroatoms. The SMILES string of the molecule is CCS(=O)(=O)N1CCN(c2nn3cc(-c4cnc(N)c(C(F)(F)F)c4)nc3s2)CC1. The Morgan fingerprint density at radius 3 is 2.53 bits per heavy atom. The first-order valence-electron chi connectivity index (χ1n) is 9.00. The average Bonchev–Trinajstić information content (AvgIpc) is 3.27. The lowest BCUT2D eigenvalue weighted by molar-refractivity contribution is -0.137. The Morgan fingerprint density at radius 1 is 1.23 bits per heavy atom. The van der Waals surface area contributed by atoms with Crippen molar-refractivity contribution >= 4 is 37.3 Å². The maximum atomic E-state index is 13.1. The van der Waals surface area contributed by atoms with Gasteiger partial charge in [-0.3, -0.25) is 0 Å². The summed E-state index contributed by atoms with van der Waals surface area (Å²) in [5.41, 5.74) is 4.83. The lowest BCUT2D eigenvalue weighted by Gasteiger charge is -2.33. The molecule has 0 unspecified atom stereocenters. The van der Waals surface area contributed by atoms with Gasteiger partial charge < -0.3 is 10.6 Å². The van der Waals surface area contributed by atoms with Crippen molar-refractivity contribution in [2.24, 2.45) is 0 Å². The van der Waals surface area contributed by atoms with Crippen molar-refractivity contribution < 1.29 is 21.6 Å². The van der Waals surface area contributed by atoms with Crippen LogP contribution in [0.15, 0.2) is 18.5 Å². The van der Waals surface area contributed by atoms with Crippen LogP contribution < -0.4 is 10.6 Å². The fourth-order valence-electron chi connectivity index (χ4n) is 3.14. The van der Waals surface area contributed by atoms with E-state index >= 15 is 0 Å². The summed E-state index contributed by atoms with van der Waals surface area (Å²) in [5.74, 6) is -0.520. The van der Waals surface area contributed by atoms with Crippen molar-refractivity contribution in [3.05, 3.63) is 24.0 Å². The van der Waals surface area contributed by atoms with Crippen molar-refractivity contribution in [2.45, 2.75) is 13.1 Å². The van der Waals surface area contributed by atoms with Gasteiger partial charge in [0, 0.05) is 37.9 Å². The van der Waals surface area contributed by atoms with Crippen LogP contribution in [0.2, 0.25) is 0 Å². The molecule has 1 aliphatic heterocycles. The molecule has 2 N–H and O–H groups in total. The predicted molar refractivity (Wildman–Crippen MR) is 107 cm³/mol. The molecule has 9 nitrogen and oxygen atoms in total. The second kappa shape index (κ2) is 7.35. The molecule has 30 heavy (non-hydrogen) atoms. The first-order valence-corrected chi connectivity index (χ1v) is 11.4. The van der Waals surface area contributed by atoms with E-state index < -0.39 is 27.6 Å². The molecule has 0 aromatic carbocycles. The van der Waals surface area contributed by atoms with Gasteiger partial charge in [0.2, 0.25) is 20.1 Å². The zero-order valence-corrected chi connectivity index (χ0v) is 17.4. The zero-order valence-electron chi connectivity index (χ0n) is 15.8. The van der Waals surface area contributed by atoms with Crippen molar-refractivity contribution in [2.75, 3.05) is 42.6 Å². The predicted octanol–water partition coefficient (Wildman–Crippen LogP) is 1.93. The highest BCUT2D eigenvalue weighted by atomic mass is 32.2. The summed E-state index contributed by atoms with van der Waals surface area (Å²) in [4.78, 5) is 10.5. The molecule has 3 aromatic heterocycles. The molecule has 4 heterocycles. The zero-order chi connectivity index (χ0) is 21.7. The quantitative estimate of drug-likeness (QED) is 0.632. The number of sulfonamides is 1. The Hall–Kier alpha value is -2.45. The van der Waals surface area contributed by atoms with Crippen LogP contribution in [0.4, 0.5) is 24.1 Å². The third kappa shape index (κ3) is 3.81. The molecule has 0 aliphatic carbocycles. The number of alkyl halides is 3. The highest BCUT2D eigenvalue weighted by Gasteiger charge is 2.34. The van der Waals surface area contributed by atoms with Gasteiger partial charge in [0.15, 0.2) is 0 Å². The van der Waals surface area contributed by atoms with Crippen LogP contribution in [-0.2, 0) is 16.2 Å². The molecule has 1 aliphatic rings. The van der Waals surface area contributed by atoms with Gasteiger partial charge in [-0.25, -0.2) is 22.9 Å².